The van der Waals surface area contributed by atoms with Crippen molar-refractivity contribution in [2.45, 2.75) is 31.4 Å². The zero-order chi connectivity index (χ0) is 18.8. The van der Waals surface area contributed by atoms with E-state index in [1.807, 2.05) is 55.4 Å². The maximum atomic E-state index is 5.99. The molecule has 0 aromatic heterocycles. The van der Waals surface area contributed by atoms with E-state index in [1.54, 1.807) is 0 Å². The maximum Gasteiger partial charge on any atom is 0.219 e. The van der Waals surface area contributed by atoms with Crippen LogP contribution in [0.2, 0.25) is 0 Å². The van der Waals surface area contributed by atoms with Crippen molar-refractivity contribution in [3.8, 4) is 5.75 Å². The van der Waals surface area contributed by atoms with E-state index in [1.165, 1.54) is 11.1 Å². The molecule has 5 heteroatoms. The van der Waals surface area contributed by atoms with Crippen LogP contribution in [0, 0.1) is 0 Å². The summed E-state index contributed by atoms with van der Waals surface area (Å²) < 4.78 is 6.46. The fourth-order valence-corrected chi connectivity index (χ4v) is 3.94. The van der Waals surface area contributed by atoms with Gasteiger partial charge in [-0.25, -0.2) is 4.99 Å². The Kier molecular flexibility index (Phi) is 4.39. The zero-order valence-corrected chi connectivity index (χ0v) is 15.6. The molecular formula is C23H23N4O+. The molecule has 1 saturated carbocycles. The number of quaternary nitrogens is 1. The second kappa shape index (κ2) is 7.19. The predicted molar refractivity (Wildman–Crippen MR) is 111 cm³/mol. The van der Waals surface area contributed by atoms with Gasteiger partial charge in [0.2, 0.25) is 6.34 Å². The average molecular weight is 371 g/mol. The quantitative estimate of drug-likeness (QED) is 0.771. The van der Waals surface area contributed by atoms with E-state index in [0.29, 0.717) is 23.2 Å². The number of allylic oxidation sites excluding steroid dienone is 1. The zero-order valence-electron chi connectivity index (χ0n) is 15.6. The Bertz CT molecular complexity index is 973. The Morgan fingerprint density at radius 1 is 1.04 bits per heavy atom. The first kappa shape index (κ1) is 17.1. The predicted octanol–water partition coefficient (Wildman–Crippen LogP) is 4.27. The van der Waals surface area contributed by atoms with Gasteiger partial charge in [0, 0.05) is 0 Å². The van der Waals surface area contributed by atoms with E-state index >= 15 is 0 Å². The van der Waals surface area contributed by atoms with Crippen molar-refractivity contribution in [3.63, 3.8) is 0 Å². The molecule has 1 unspecified atom stereocenters. The lowest BCUT2D eigenvalue weighted by Gasteiger charge is -2.40. The van der Waals surface area contributed by atoms with Crippen LogP contribution in [0.3, 0.4) is 0 Å². The van der Waals surface area contributed by atoms with Crippen LogP contribution in [0.15, 0.2) is 88.9 Å². The van der Waals surface area contributed by atoms with Crippen molar-refractivity contribution in [2.75, 3.05) is 0 Å². The van der Waals surface area contributed by atoms with Crippen molar-refractivity contribution in [1.29, 1.82) is 0 Å². The number of rotatable bonds is 6. The SMILES string of the molecule is C1=C[N+]2(NC3CC(c4cccc(OCc5ccccc5)c4)C3)C=NC=C2C=N1. The van der Waals surface area contributed by atoms with Gasteiger partial charge in [-0.05, 0) is 42.0 Å². The molecule has 1 fully saturated rings. The van der Waals surface area contributed by atoms with Crippen LogP contribution in [0.25, 0.3) is 0 Å². The summed E-state index contributed by atoms with van der Waals surface area (Å²) in [6, 6.07) is 19.2. The van der Waals surface area contributed by atoms with Crippen molar-refractivity contribution in [1.82, 2.24) is 5.43 Å². The average Bonchev–Trinajstić information content (AvgIpc) is 3.14. The van der Waals surface area contributed by atoms with E-state index in [9.17, 15) is 0 Å². The van der Waals surface area contributed by atoms with Gasteiger partial charge >= 0.3 is 0 Å². The number of hydrogen-bond donors (Lipinski definition) is 1. The summed E-state index contributed by atoms with van der Waals surface area (Å²) in [6.07, 6.45) is 11.7. The number of benzene rings is 2. The van der Waals surface area contributed by atoms with Gasteiger partial charge in [0.05, 0.1) is 24.7 Å². The Balaban J connectivity index is 1.19. The van der Waals surface area contributed by atoms with Crippen molar-refractivity contribution >= 4 is 12.6 Å². The summed E-state index contributed by atoms with van der Waals surface area (Å²) in [5.74, 6) is 1.50. The van der Waals surface area contributed by atoms with Crippen LogP contribution < -0.4 is 10.2 Å². The Morgan fingerprint density at radius 2 is 1.93 bits per heavy atom. The topological polar surface area (TPSA) is 46.0 Å². The summed E-state index contributed by atoms with van der Waals surface area (Å²) in [4.78, 5) is 8.51. The monoisotopic (exact) mass is 371 g/mol. The van der Waals surface area contributed by atoms with Crippen LogP contribution in [-0.2, 0) is 6.61 Å². The molecule has 3 aliphatic rings. The van der Waals surface area contributed by atoms with Crippen molar-refractivity contribution in [3.05, 3.63) is 90.0 Å². The van der Waals surface area contributed by atoms with Crippen LogP contribution in [0.5, 0.6) is 5.75 Å². The smallest absolute Gasteiger partial charge is 0.219 e. The maximum absolute atomic E-state index is 5.99. The highest BCUT2D eigenvalue weighted by atomic mass is 16.5. The highest BCUT2D eigenvalue weighted by Gasteiger charge is 2.41. The Hall–Kier alpha value is -3.02. The van der Waals surface area contributed by atoms with E-state index in [2.05, 4.69) is 45.7 Å². The Labute approximate surface area is 165 Å². The molecule has 28 heavy (non-hydrogen) atoms. The van der Waals surface area contributed by atoms with Gasteiger partial charge in [-0.1, -0.05) is 42.5 Å². The number of fused-ring (bicyclic) bond motifs is 1. The van der Waals surface area contributed by atoms with Gasteiger partial charge in [-0.3, -0.25) is 4.99 Å². The molecule has 0 radical (unpaired) electrons. The lowest BCUT2D eigenvalue weighted by molar-refractivity contribution is -0.788. The summed E-state index contributed by atoms with van der Waals surface area (Å²) >= 11 is 0. The molecule has 5 nitrogen and oxygen atoms in total. The number of hydrogen-bond acceptors (Lipinski definition) is 4. The molecule has 2 aromatic rings. The molecular weight excluding hydrogens is 348 g/mol. The minimum atomic E-state index is 0.447. The van der Waals surface area contributed by atoms with Gasteiger partial charge in [0.1, 0.15) is 18.6 Å². The largest absolute Gasteiger partial charge is 0.489 e. The number of nitrogens with one attached hydrogen (secondary N) is 1. The number of nitrogens with zero attached hydrogens (tertiary/aromatic N) is 3. The second-order valence-electron chi connectivity index (χ2n) is 7.51. The third kappa shape index (κ3) is 3.30. The molecule has 2 heterocycles. The second-order valence-corrected chi connectivity index (χ2v) is 7.51. The minimum absolute atomic E-state index is 0.447. The molecule has 1 aliphatic carbocycles. The summed E-state index contributed by atoms with van der Waals surface area (Å²) in [6.45, 7) is 0.599. The van der Waals surface area contributed by atoms with E-state index in [-0.39, 0.29) is 0 Å². The fraction of sp³-hybridized carbons (Fsp3) is 0.217. The summed E-state index contributed by atoms with van der Waals surface area (Å²) in [7, 11) is 0. The third-order valence-corrected chi connectivity index (χ3v) is 5.59. The van der Waals surface area contributed by atoms with Gasteiger partial charge in [-0.2, -0.15) is 0 Å². The van der Waals surface area contributed by atoms with Crippen LogP contribution in [0.4, 0.5) is 0 Å². The van der Waals surface area contributed by atoms with E-state index in [4.69, 9.17) is 4.74 Å². The molecule has 2 aromatic carbocycles. The molecule has 0 spiro atoms. The summed E-state index contributed by atoms with van der Waals surface area (Å²) in [5, 5.41) is 0. The highest BCUT2D eigenvalue weighted by Crippen LogP contribution is 2.39. The van der Waals surface area contributed by atoms with Gasteiger partial charge in [0.25, 0.3) is 0 Å². The number of ether oxygens (including phenoxy) is 1. The first-order valence-electron chi connectivity index (χ1n) is 9.70. The molecule has 0 amide bonds. The summed E-state index contributed by atoms with van der Waals surface area (Å²) in [5.41, 5.74) is 7.30. The van der Waals surface area contributed by atoms with E-state index < -0.39 is 0 Å². The fourth-order valence-electron chi connectivity index (χ4n) is 3.94. The lowest BCUT2D eigenvalue weighted by Crippen LogP contribution is -2.58. The molecule has 1 atom stereocenters. The van der Waals surface area contributed by atoms with Crippen LogP contribution in [-0.4, -0.2) is 23.2 Å². The highest BCUT2D eigenvalue weighted by molar-refractivity contribution is 5.81. The lowest BCUT2D eigenvalue weighted by atomic mass is 9.76. The standard InChI is InChI=1S/C23H23N4O/c1-2-5-18(6-3-1)16-28-23-8-4-7-19(13-23)20-11-21(12-20)26-27-10-9-24-14-22(27)15-25-17-27/h1-10,13-15,17,20-21,26H,11-12,16H2/q+1. The molecule has 0 bridgehead atoms. The van der Waals surface area contributed by atoms with Crippen LogP contribution >= 0.6 is 0 Å². The first-order valence-corrected chi connectivity index (χ1v) is 9.70. The van der Waals surface area contributed by atoms with Crippen LogP contribution in [0.1, 0.15) is 29.9 Å². The minimum Gasteiger partial charge on any atom is -0.489 e. The molecule has 140 valence electrons. The normalized spacial score (nSPS) is 27.2. The Morgan fingerprint density at radius 3 is 2.82 bits per heavy atom. The van der Waals surface area contributed by atoms with Gasteiger partial charge < -0.3 is 4.74 Å². The van der Waals surface area contributed by atoms with Crippen molar-refractivity contribution in [2.24, 2.45) is 9.98 Å². The van der Waals surface area contributed by atoms with Gasteiger partial charge in [-0.15, -0.1) is 10.0 Å². The number of aliphatic imine (C=N–C) groups is 2. The first-order chi connectivity index (χ1) is 13.8. The van der Waals surface area contributed by atoms with Crippen molar-refractivity contribution < 1.29 is 9.33 Å². The molecule has 2 aliphatic heterocycles. The third-order valence-electron chi connectivity index (χ3n) is 5.59. The molecule has 1 N–H and O–H groups in total. The molecule has 0 saturated heterocycles. The van der Waals surface area contributed by atoms with Gasteiger partial charge in [0.15, 0.2) is 5.70 Å². The molecule has 5 rings (SSSR count). The van der Waals surface area contributed by atoms with E-state index in [0.717, 1.165) is 24.3 Å².